The first kappa shape index (κ1) is 14.1. The van der Waals surface area contributed by atoms with E-state index in [0.29, 0.717) is 0 Å². The van der Waals surface area contributed by atoms with Gasteiger partial charge in [0, 0.05) is 0 Å². The minimum atomic E-state index is -0.536. The summed E-state index contributed by atoms with van der Waals surface area (Å²) in [7, 11) is 0. The van der Waals surface area contributed by atoms with Crippen LogP contribution in [0.15, 0.2) is 0 Å². The molecule has 7 unspecified atom stereocenters. The summed E-state index contributed by atoms with van der Waals surface area (Å²) in [6.45, 7) is 0. The van der Waals surface area contributed by atoms with E-state index >= 15 is 0 Å². The Morgan fingerprint density at radius 3 is 2.05 bits per heavy atom. The van der Waals surface area contributed by atoms with Crippen molar-refractivity contribution in [2.45, 2.75) is 70.6 Å². The third-order valence-electron chi connectivity index (χ3n) is 7.75. The molecule has 2 nitrogen and oxygen atoms in total. The van der Waals surface area contributed by atoms with Crippen molar-refractivity contribution in [3.63, 3.8) is 0 Å². The molecule has 1 N–H and O–H groups in total. The molecule has 0 saturated heterocycles. The number of rotatable bonds is 1. The number of carbonyl (C=O) groups is 1. The number of hydrogen-bond acceptors (Lipinski definition) is 1. The zero-order valence-electron chi connectivity index (χ0n) is 13.2. The van der Waals surface area contributed by atoms with E-state index in [2.05, 4.69) is 0 Å². The zero-order chi connectivity index (χ0) is 14.4. The van der Waals surface area contributed by atoms with Crippen LogP contribution in [0.3, 0.4) is 0 Å². The molecule has 0 bridgehead atoms. The molecule has 0 aromatic heterocycles. The van der Waals surface area contributed by atoms with Crippen LogP contribution in [0.2, 0.25) is 0 Å². The summed E-state index contributed by atoms with van der Waals surface area (Å²) in [4.78, 5) is 11.3. The van der Waals surface area contributed by atoms with Gasteiger partial charge in [0.25, 0.3) is 0 Å². The van der Waals surface area contributed by atoms with Gasteiger partial charge in [0.1, 0.15) is 0 Å². The van der Waals surface area contributed by atoms with Crippen molar-refractivity contribution in [2.24, 2.45) is 41.4 Å². The molecule has 0 aromatic carbocycles. The Balaban J connectivity index is 1.48. The molecular weight excluding hydrogens is 260 g/mol. The normalized spacial score (nSPS) is 49.6. The smallest absolute Gasteiger partial charge is 0.306 e. The summed E-state index contributed by atoms with van der Waals surface area (Å²) in [5.74, 6) is 5.09. The fraction of sp³-hybridized carbons (Fsp3) is 0.947. The second kappa shape index (κ2) is 5.59. The predicted molar refractivity (Wildman–Crippen MR) is 82.9 cm³/mol. The molecule has 0 radical (unpaired) electrons. The van der Waals surface area contributed by atoms with Gasteiger partial charge in [-0.05, 0) is 86.9 Å². The maximum absolute atomic E-state index is 11.3. The molecule has 4 fully saturated rings. The van der Waals surface area contributed by atoms with Crippen molar-refractivity contribution in [1.82, 2.24) is 0 Å². The Hall–Kier alpha value is -0.530. The molecule has 21 heavy (non-hydrogen) atoms. The van der Waals surface area contributed by atoms with Crippen LogP contribution >= 0.6 is 0 Å². The van der Waals surface area contributed by atoms with Crippen LogP contribution < -0.4 is 0 Å². The van der Waals surface area contributed by atoms with E-state index in [9.17, 15) is 9.90 Å². The molecule has 4 aliphatic carbocycles. The molecule has 4 saturated carbocycles. The summed E-state index contributed by atoms with van der Waals surface area (Å²) >= 11 is 0. The van der Waals surface area contributed by atoms with Gasteiger partial charge < -0.3 is 5.11 Å². The molecule has 4 rings (SSSR count). The quantitative estimate of drug-likeness (QED) is 0.758. The molecule has 0 aliphatic heterocycles. The molecule has 0 spiro atoms. The van der Waals surface area contributed by atoms with Crippen molar-refractivity contribution in [3.8, 4) is 0 Å². The van der Waals surface area contributed by atoms with Crippen LogP contribution in [0, 0.1) is 41.4 Å². The Bertz CT molecular complexity index is 404. The van der Waals surface area contributed by atoms with Crippen molar-refractivity contribution in [3.05, 3.63) is 0 Å². The van der Waals surface area contributed by atoms with Gasteiger partial charge in [0.05, 0.1) is 5.92 Å². The average molecular weight is 290 g/mol. The highest BCUT2D eigenvalue weighted by Crippen LogP contribution is 2.57. The highest BCUT2D eigenvalue weighted by atomic mass is 16.4. The van der Waals surface area contributed by atoms with E-state index in [1.165, 1.54) is 57.8 Å². The van der Waals surface area contributed by atoms with Gasteiger partial charge in [-0.3, -0.25) is 4.79 Å². The van der Waals surface area contributed by atoms with Crippen LogP contribution in [0.4, 0.5) is 0 Å². The molecular formula is C19H30O2. The van der Waals surface area contributed by atoms with Crippen molar-refractivity contribution >= 4 is 5.97 Å². The first-order valence-corrected chi connectivity index (χ1v) is 9.47. The van der Waals surface area contributed by atoms with Gasteiger partial charge in [-0.15, -0.1) is 0 Å². The standard InChI is InChI=1S/C19H30O2/c20-19(21)14-7-8-16-13(11-14)6-10-17-15-4-2-1-3-12(15)5-9-18(16)17/h12-18H,1-11H2,(H,20,21). The van der Waals surface area contributed by atoms with E-state index in [1.54, 1.807) is 0 Å². The van der Waals surface area contributed by atoms with Crippen LogP contribution in [-0.4, -0.2) is 11.1 Å². The number of aliphatic carboxylic acids is 1. The van der Waals surface area contributed by atoms with Crippen molar-refractivity contribution < 1.29 is 9.90 Å². The largest absolute Gasteiger partial charge is 0.481 e. The Morgan fingerprint density at radius 1 is 0.667 bits per heavy atom. The number of carboxylic acids is 1. The lowest BCUT2D eigenvalue weighted by atomic mass is 9.51. The molecule has 7 atom stereocenters. The Labute approximate surface area is 128 Å². The third kappa shape index (κ3) is 2.43. The topological polar surface area (TPSA) is 37.3 Å². The van der Waals surface area contributed by atoms with E-state index < -0.39 is 5.97 Å². The maximum atomic E-state index is 11.3. The van der Waals surface area contributed by atoms with E-state index in [-0.39, 0.29) is 5.92 Å². The zero-order valence-corrected chi connectivity index (χ0v) is 13.2. The minimum absolute atomic E-state index is 0.0335. The summed E-state index contributed by atoms with van der Waals surface area (Å²) < 4.78 is 0. The molecule has 118 valence electrons. The Kier molecular flexibility index (Phi) is 3.75. The van der Waals surface area contributed by atoms with Crippen LogP contribution in [-0.2, 0) is 4.79 Å². The lowest BCUT2D eigenvalue weighted by molar-refractivity contribution is -0.145. The lowest BCUT2D eigenvalue weighted by Gasteiger charge is -2.54. The van der Waals surface area contributed by atoms with Crippen molar-refractivity contribution in [2.75, 3.05) is 0 Å². The average Bonchev–Trinajstić information content (AvgIpc) is 2.53. The fourth-order valence-electron chi connectivity index (χ4n) is 6.87. The highest BCUT2D eigenvalue weighted by molar-refractivity contribution is 5.70. The van der Waals surface area contributed by atoms with Gasteiger partial charge in [-0.2, -0.15) is 0 Å². The summed E-state index contributed by atoms with van der Waals surface area (Å²) in [6, 6.07) is 0. The fourth-order valence-corrected chi connectivity index (χ4v) is 6.87. The van der Waals surface area contributed by atoms with E-state index in [1.807, 2.05) is 0 Å². The second-order valence-corrected chi connectivity index (χ2v) is 8.46. The van der Waals surface area contributed by atoms with Crippen LogP contribution in [0.5, 0.6) is 0 Å². The number of fused-ring (bicyclic) bond motifs is 5. The Morgan fingerprint density at radius 2 is 1.29 bits per heavy atom. The van der Waals surface area contributed by atoms with Crippen molar-refractivity contribution in [1.29, 1.82) is 0 Å². The third-order valence-corrected chi connectivity index (χ3v) is 7.75. The first-order valence-electron chi connectivity index (χ1n) is 9.47. The first-order chi connectivity index (χ1) is 10.2. The monoisotopic (exact) mass is 290 g/mol. The summed E-state index contributed by atoms with van der Waals surface area (Å²) in [6.07, 6.45) is 14.8. The molecule has 0 aromatic rings. The van der Waals surface area contributed by atoms with Crippen LogP contribution in [0.1, 0.15) is 70.6 Å². The second-order valence-electron chi connectivity index (χ2n) is 8.46. The molecule has 0 heterocycles. The summed E-state index contributed by atoms with van der Waals surface area (Å²) in [5.41, 5.74) is 0. The van der Waals surface area contributed by atoms with Gasteiger partial charge in [-0.1, -0.05) is 19.3 Å². The predicted octanol–water partition coefficient (Wildman–Crippen LogP) is 4.73. The van der Waals surface area contributed by atoms with Gasteiger partial charge >= 0.3 is 5.97 Å². The highest BCUT2D eigenvalue weighted by Gasteiger charge is 2.49. The van der Waals surface area contributed by atoms with Crippen LogP contribution in [0.25, 0.3) is 0 Å². The van der Waals surface area contributed by atoms with Gasteiger partial charge in [0.2, 0.25) is 0 Å². The molecule has 0 amide bonds. The van der Waals surface area contributed by atoms with Gasteiger partial charge in [0.15, 0.2) is 0 Å². The van der Waals surface area contributed by atoms with Gasteiger partial charge in [-0.25, -0.2) is 0 Å². The SMILES string of the molecule is O=C(O)C1CCC2C(CCC3C4CCCCC4CCC23)C1. The summed E-state index contributed by atoms with van der Waals surface area (Å²) in [5, 5.41) is 9.32. The maximum Gasteiger partial charge on any atom is 0.306 e. The minimum Gasteiger partial charge on any atom is -0.481 e. The van der Waals surface area contributed by atoms with E-state index in [4.69, 9.17) is 0 Å². The lowest BCUT2D eigenvalue weighted by Crippen LogP contribution is -2.46. The number of carboxylic acid groups (broad SMARTS) is 1. The molecule has 4 aliphatic rings. The molecule has 2 heteroatoms. The number of hydrogen-bond donors (Lipinski definition) is 1. The van der Waals surface area contributed by atoms with E-state index in [0.717, 1.165) is 48.3 Å².